The molecule has 26 heteroatoms. The lowest BCUT2D eigenvalue weighted by Gasteiger charge is -2.50. The zero-order valence-corrected chi connectivity index (χ0v) is 75.0. The van der Waals surface area contributed by atoms with E-state index in [0.717, 1.165) is 141 Å². The molecular weight excluding hydrogens is 1540 g/mol. The molecule has 3 fully saturated rings. The summed E-state index contributed by atoms with van der Waals surface area (Å²) in [6.45, 7) is 7.90. The minimum atomic E-state index is -5.81. The van der Waals surface area contributed by atoms with Gasteiger partial charge in [0, 0.05) is 25.7 Å². The number of carbonyl (C=O) groups is 4. The standard InChI is InChI=1S/C92H171O25P/c1-6-10-14-18-22-25-28-31-33-36-39-41-44-51-57-63-75(94)108-68-72(111-77(96)65-59-53-46-43-40-37-34-32-29-26-23-19-15-11-7-2)69-110-118(106,107)117-90-88(115-91-85(104)81(100)79(98)73(67-93)112-91)84(103)83(102)87(114-78(97)66-60-54-48-47-50-56-62-71(5)61-55-49-21-17-13-9-4)89(90)116-92-86(105)82(101)80(99)74(113-92)70-109-76(95)64-58-52-45-42-38-35-30-27-24-20-16-12-8-3/h26,29,71-74,79-93,98-105H,6-25,27-28,30-70H2,1-5H3,(H,106,107)/b29-26-. The topological polar surface area (TPSA) is 380 Å². The number of rotatable bonds is 77. The van der Waals surface area contributed by atoms with Crippen molar-refractivity contribution in [1.82, 2.24) is 0 Å². The van der Waals surface area contributed by atoms with Gasteiger partial charge in [0.15, 0.2) is 24.8 Å². The Kier molecular flexibility index (Phi) is 65.2. The molecule has 0 amide bonds. The minimum absolute atomic E-state index is 0.0179. The third-order valence-corrected chi connectivity index (χ3v) is 24.7. The highest BCUT2D eigenvalue weighted by Gasteiger charge is 2.60. The second-order valence-corrected chi connectivity index (χ2v) is 35.9. The maximum Gasteiger partial charge on any atom is 0.472 e. The highest BCUT2D eigenvalue weighted by Crippen LogP contribution is 2.49. The Morgan fingerprint density at radius 1 is 0.356 bits per heavy atom. The molecule has 19 unspecified atom stereocenters. The Hall–Kier alpha value is -2.79. The van der Waals surface area contributed by atoms with E-state index in [0.29, 0.717) is 44.4 Å². The van der Waals surface area contributed by atoms with Crippen LogP contribution in [-0.2, 0) is 70.7 Å². The molecule has 2 aliphatic heterocycles. The first kappa shape index (κ1) is 109. The zero-order valence-electron chi connectivity index (χ0n) is 74.1. The zero-order chi connectivity index (χ0) is 86.2. The average Bonchev–Trinajstić information content (AvgIpc) is 0.755. The van der Waals surface area contributed by atoms with Gasteiger partial charge >= 0.3 is 31.7 Å². The van der Waals surface area contributed by atoms with Crippen molar-refractivity contribution in [2.45, 2.75) is 518 Å². The maximum absolute atomic E-state index is 14.9. The smallest absolute Gasteiger partial charge is 0.463 e. The molecule has 0 radical (unpaired) electrons. The van der Waals surface area contributed by atoms with Gasteiger partial charge in [-0.05, 0) is 57.3 Å². The van der Waals surface area contributed by atoms with Crippen LogP contribution in [0.2, 0.25) is 0 Å². The fraction of sp³-hybridized carbons (Fsp3) is 0.935. The van der Waals surface area contributed by atoms with Crippen LogP contribution in [0.5, 0.6) is 0 Å². The molecule has 19 atom stereocenters. The number of unbranched alkanes of at least 4 members (excludes halogenated alkanes) is 47. The largest absolute Gasteiger partial charge is 0.472 e. The van der Waals surface area contributed by atoms with Gasteiger partial charge in [-0.2, -0.15) is 0 Å². The van der Waals surface area contributed by atoms with E-state index >= 15 is 0 Å². The number of allylic oxidation sites excluding steroid dienone is 2. The van der Waals surface area contributed by atoms with Gasteiger partial charge in [0.2, 0.25) is 0 Å². The SMILES string of the molecule is CCCCCC/C=C\CCCCCCCCCC(=O)OC(COC(=O)CCCCCCCCCCCCCCCCC)COP(=O)(O)OC1C(OC2OC(CO)C(O)C(O)C2O)C(O)C(O)C(OC(=O)CCCCCCCCC(C)CCCCCCCC)C1OC1OC(COC(=O)CCCCCCCCCCCCCCC)C(O)C(O)C1O. The molecule has 25 nitrogen and oxygen atoms in total. The summed E-state index contributed by atoms with van der Waals surface area (Å²) in [5.41, 5.74) is 0. The van der Waals surface area contributed by atoms with Crippen LogP contribution in [0, 0.1) is 5.92 Å². The van der Waals surface area contributed by atoms with E-state index in [-0.39, 0.29) is 25.7 Å². The predicted molar refractivity (Wildman–Crippen MR) is 458 cm³/mol. The molecule has 1 aliphatic carbocycles. The van der Waals surface area contributed by atoms with Crippen molar-refractivity contribution in [1.29, 1.82) is 0 Å². The van der Waals surface area contributed by atoms with Gasteiger partial charge in [0.1, 0.15) is 92.6 Å². The Bertz CT molecular complexity index is 2520. The molecule has 0 aromatic rings. The van der Waals surface area contributed by atoms with Crippen LogP contribution >= 0.6 is 7.82 Å². The van der Waals surface area contributed by atoms with Crippen LogP contribution in [0.3, 0.4) is 0 Å². The maximum atomic E-state index is 14.9. The number of aliphatic hydroxyl groups is 9. The van der Waals surface area contributed by atoms with Crippen LogP contribution in [0.4, 0.5) is 0 Å². The summed E-state index contributed by atoms with van der Waals surface area (Å²) in [5, 5.41) is 102. The highest BCUT2D eigenvalue weighted by atomic mass is 31.2. The van der Waals surface area contributed by atoms with Crippen LogP contribution in [0.15, 0.2) is 12.2 Å². The van der Waals surface area contributed by atoms with E-state index in [1.54, 1.807) is 0 Å². The first-order valence-electron chi connectivity index (χ1n) is 47.8. The second-order valence-electron chi connectivity index (χ2n) is 34.5. The van der Waals surface area contributed by atoms with Gasteiger partial charge in [0.05, 0.1) is 13.2 Å². The number of aliphatic hydroxyl groups excluding tert-OH is 9. The second kappa shape index (κ2) is 70.4. The van der Waals surface area contributed by atoms with Crippen LogP contribution in [0.25, 0.3) is 0 Å². The van der Waals surface area contributed by atoms with Crippen molar-refractivity contribution >= 4 is 31.7 Å². The predicted octanol–water partition coefficient (Wildman–Crippen LogP) is 17.8. The van der Waals surface area contributed by atoms with E-state index in [1.165, 1.54) is 173 Å². The molecule has 0 bridgehead atoms. The van der Waals surface area contributed by atoms with Crippen molar-refractivity contribution in [2.24, 2.45) is 5.92 Å². The summed E-state index contributed by atoms with van der Waals surface area (Å²) < 4.78 is 73.5. The molecule has 694 valence electrons. The van der Waals surface area contributed by atoms with Crippen LogP contribution in [0.1, 0.15) is 413 Å². The van der Waals surface area contributed by atoms with Gasteiger partial charge in [-0.25, -0.2) is 4.57 Å². The summed E-state index contributed by atoms with van der Waals surface area (Å²) in [6, 6.07) is 0. The van der Waals surface area contributed by atoms with Gasteiger partial charge in [-0.3, -0.25) is 28.2 Å². The van der Waals surface area contributed by atoms with E-state index in [1.807, 2.05) is 0 Å². The van der Waals surface area contributed by atoms with E-state index < -0.39 is 162 Å². The molecule has 10 N–H and O–H groups in total. The summed E-state index contributed by atoms with van der Waals surface area (Å²) in [6.07, 6.45) is 27.7. The van der Waals surface area contributed by atoms with Gasteiger partial charge in [0.25, 0.3) is 0 Å². The number of carbonyl (C=O) groups excluding carboxylic acids is 4. The Morgan fingerprint density at radius 2 is 0.686 bits per heavy atom. The number of phosphoric ester groups is 1. The number of esters is 4. The minimum Gasteiger partial charge on any atom is -0.463 e. The van der Waals surface area contributed by atoms with Crippen molar-refractivity contribution in [3.63, 3.8) is 0 Å². The normalized spacial score (nSPS) is 25.2. The molecule has 3 rings (SSSR count). The molecule has 0 spiro atoms. The first-order valence-corrected chi connectivity index (χ1v) is 49.3. The monoisotopic (exact) mass is 1710 g/mol. The number of hydrogen-bond acceptors (Lipinski definition) is 24. The molecule has 3 aliphatic rings. The third-order valence-electron chi connectivity index (χ3n) is 23.7. The lowest BCUT2D eigenvalue weighted by Crippen LogP contribution is -2.70. The first-order chi connectivity index (χ1) is 57.1. The molecular formula is C92H171O25P. The van der Waals surface area contributed by atoms with Crippen molar-refractivity contribution in [2.75, 3.05) is 26.4 Å². The lowest BCUT2D eigenvalue weighted by molar-refractivity contribution is -0.360. The average molecular weight is 1710 g/mol. The molecule has 1 saturated carbocycles. The summed E-state index contributed by atoms with van der Waals surface area (Å²) in [7, 11) is -5.81. The Morgan fingerprint density at radius 3 is 1.10 bits per heavy atom. The van der Waals surface area contributed by atoms with E-state index in [9.17, 15) is 74.6 Å². The third kappa shape index (κ3) is 50.4. The molecule has 2 heterocycles. The molecule has 2 saturated heterocycles. The van der Waals surface area contributed by atoms with Gasteiger partial charge < -0.3 is 88.7 Å². The fourth-order valence-electron chi connectivity index (χ4n) is 16.0. The summed E-state index contributed by atoms with van der Waals surface area (Å²) in [5.74, 6) is -2.33. The highest BCUT2D eigenvalue weighted by molar-refractivity contribution is 7.47. The summed E-state index contributed by atoms with van der Waals surface area (Å²) >= 11 is 0. The van der Waals surface area contributed by atoms with Crippen LogP contribution < -0.4 is 0 Å². The van der Waals surface area contributed by atoms with E-state index in [2.05, 4.69) is 46.8 Å². The van der Waals surface area contributed by atoms with E-state index in [4.69, 9.17) is 46.9 Å². The quantitative estimate of drug-likeness (QED) is 0.00889. The molecule has 0 aromatic carbocycles. The number of ether oxygens (including phenoxy) is 8. The van der Waals surface area contributed by atoms with Gasteiger partial charge in [-0.1, -0.05) is 349 Å². The van der Waals surface area contributed by atoms with Crippen LogP contribution in [-0.4, -0.2) is 205 Å². The molecule has 0 aromatic heterocycles. The molecule has 118 heavy (non-hydrogen) atoms. The number of phosphoric acid groups is 1. The Balaban J connectivity index is 1.92. The van der Waals surface area contributed by atoms with Gasteiger partial charge in [-0.15, -0.1) is 0 Å². The van der Waals surface area contributed by atoms with Crippen molar-refractivity contribution in [3.05, 3.63) is 12.2 Å². The lowest BCUT2D eigenvalue weighted by atomic mass is 9.84. The number of hydrogen-bond donors (Lipinski definition) is 10. The fourth-order valence-corrected chi connectivity index (χ4v) is 16.9. The Labute approximate surface area is 712 Å². The summed E-state index contributed by atoms with van der Waals surface area (Å²) in [4.78, 5) is 66.5. The van der Waals surface area contributed by atoms with Crippen molar-refractivity contribution in [3.8, 4) is 0 Å². The van der Waals surface area contributed by atoms with Crippen molar-refractivity contribution < 1.29 is 122 Å².